The Morgan fingerprint density at radius 1 is 1.21 bits per heavy atom. The summed E-state index contributed by atoms with van der Waals surface area (Å²) in [5.74, 6) is 0.636. The molecule has 5 nitrogen and oxygen atoms in total. The minimum atomic E-state index is -0.170. The topological polar surface area (TPSA) is 44.8 Å². The van der Waals surface area contributed by atoms with E-state index in [1.807, 2.05) is 6.92 Å². The van der Waals surface area contributed by atoms with Gasteiger partial charge in [-0.1, -0.05) is 20.8 Å². The fraction of sp³-hybridized carbons (Fsp3) is 0.929. The van der Waals surface area contributed by atoms with Crippen LogP contribution >= 0.6 is 0 Å². The molecule has 0 aromatic heterocycles. The van der Waals surface area contributed by atoms with Crippen molar-refractivity contribution in [3.05, 3.63) is 0 Å². The first kappa shape index (κ1) is 16.2. The maximum atomic E-state index is 11.6. The van der Waals surface area contributed by atoms with Crippen molar-refractivity contribution in [2.45, 2.75) is 33.7 Å². The highest BCUT2D eigenvalue weighted by Crippen LogP contribution is 2.06. The zero-order valence-corrected chi connectivity index (χ0v) is 12.8. The average molecular weight is 271 g/mol. The first-order valence-corrected chi connectivity index (χ1v) is 7.40. The van der Waals surface area contributed by atoms with Crippen LogP contribution in [0.5, 0.6) is 0 Å². The third-order valence-corrected chi connectivity index (χ3v) is 3.34. The van der Waals surface area contributed by atoms with Gasteiger partial charge < -0.3 is 15.0 Å². The van der Waals surface area contributed by atoms with Crippen LogP contribution in [-0.2, 0) is 4.74 Å². The normalized spacial score (nSPS) is 18.7. The van der Waals surface area contributed by atoms with Crippen molar-refractivity contribution in [1.82, 2.24) is 15.1 Å². The predicted molar refractivity (Wildman–Crippen MR) is 77.3 cm³/mol. The molecule has 19 heavy (non-hydrogen) atoms. The maximum absolute atomic E-state index is 11.6. The van der Waals surface area contributed by atoms with E-state index in [2.05, 4.69) is 31.0 Å². The number of piperazine rings is 1. The van der Waals surface area contributed by atoms with E-state index in [4.69, 9.17) is 4.74 Å². The van der Waals surface area contributed by atoms with E-state index in [1.165, 1.54) is 0 Å². The smallest absolute Gasteiger partial charge is 0.409 e. The van der Waals surface area contributed by atoms with Gasteiger partial charge in [0.05, 0.1) is 6.61 Å². The lowest BCUT2D eigenvalue weighted by atomic mass is 10.1. The number of ether oxygens (including phenoxy) is 1. The van der Waals surface area contributed by atoms with Crippen LogP contribution < -0.4 is 5.32 Å². The van der Waals surface area contributed by atoms with Crippen molar-refractivity contribution in [3.63, 3.8) is 0 Å². The van der Waals surface area contributed by atoms with E-state index in [0.717, 1.165) is 39.3 Å². The minimum Gasteiger partial charge on any atom is -0.450 e. The fourth-order valence-corrected chi connectivity index (χ4v) is 2.27. The molecule has 1 unspecified atom stereocenters. The molecule has 1 saturated heterocycles. The summed E-state index contributed by atoms with van der Waals surface area (Å²) >= 11 is 0. The van der Waals surface area contributed by atoms with Crippen molar-refractivity contribution in [3.8, 4) is 0 Å². The zero-order chi connectivity index (χ0) is 14.3. The van der Waals surface area contributed by atoms with Gasteiger partial charge in [0.2, 0.25) is 0 Å². The number of amides is 1. The average Bonchev–Trinajstić information content (AvgIpc) is 2.37. The molecular formula is C14H29N3O2. The molecule has 1 heterocycles. The number of carbonyl (C=O) groups is 1. The molecular weight excluding hydrogens is 242 g/mol. The highest BCUT2D eigenvalue weighted by atomic mass is 16.6. The van der Waals surface area contributed by atoms with Crippen LogP contribution in [-0.4, -0.2) is 67.8 Å². The Morgan fingerprint density at radius 3 is 2.37 bits per heavy atom. The van der Waals surface area contributed by atoms with Crippen LogP contribution in [0.1, 0.15) is 27.7 Å². The molecule has 1 amide bonds. The third kappa shape index (κ3) is 6.25. The Hall–Kier alpha value is -0.810. The van der Waals surface area contributed by atoms with Gasteiger partial charge >= 0.3 is 6.09 Å². The van der Waals surface area contributed by atoms with Crippen LogP contribution in [0.15, 0.2) is 0 Å². The number of carbonyl (C=O) groups excluding carboxylic acids is 1. The third-order valence-electron chi connectivity index (χ3n) is 3.34. The molecule has 0 saturated carbocycles. The van der Waals surface area contributed by atoms with Crippen molar-refractivity contribution in [1.29, 1.82) is 0 Å². The number of nitrogens with one attached hydrogen (secondary N) is 1. The standard InChI is InChI=1S/C14H29N3O2/c1-5-19-14(18)17-8-6-16(7-9-17)11-13(4)10-15-12(2)3/h12-13,15H,5-11H2,1-4H3. The second kappa shape index (κ2) is 8.38. The van der Waals surface area contributed by atoms with E-state index < -0.39 is 0 Å². The summed E-state index contributed by atoms with van der Waals surface area (Å²) in [6.45, 7) is 14.5. The van der Waals surface area contributed by atoms with Gasteiger partial charge in [0.15, 0.2) is 0 Å². The van der Waals surface area contributed by atoms with Crippen molar-refractivity contribution in [2.24, 2.45) is 5.92 Å². The van der Waals surface area contributed by atoms with Crippen molar-refractivity contribution in [2.75, 3.05) is 45.9 Å². The lowest BCUT2D eigenvalue weighted by molar-refractivity contribution is 0.0758. The SMILES string of the molecule is CCOC(=O)N1CCN(CC(C)CNC(C)C)CC1. The molecule has 0 radical (unpaired) electrons. The molecule has 1 N–H and O–H groups in total. The first-order chi connectivity index (χ1) is 9.02. The number of hydrogen-bond acceptors (Lipinski definition) is 4. The summed E-state index contributed by atoms with van der Waals surface area (Å²) < 4.78 is 5.02. The Balaban J connectivity index is 2.20. The highest BCUT2D eigenvalue weighted by Gasteiger charge is 2.22. The van der Waals surface area contributed by atoms with Gasteiger partial charge in [-0.25, -0.2) is 4.79 Å². The van der Waals surface area contributed by atoms with Gasteiger partial charge in [0.1, 0.15) is 0 Å². The monoisotopic (exact) mass is 271 g/mol. The maximum Gasteiger partial charge on any atom is 0.409 e. The molecule has 0 aliphatic carbocycles. The van der Waals surface area contributed by atoms with Gasteiger partial charge in [-0.3, -0.25) is 4.90 Å². The Bertz CT molecular complexity index is 263. The molecule has 5 heteroatoms. The number of nitrogens with zero attached hydrogens (tertiary/aromatic N) is 2. The quantitative estimate of drug-likeness (QED) is 0.793. The van der Waals surface area contributed by atoms with E-state index >= 15 is 0 Å². The molecule has 1 rings (SSSR count). The molecule has 1 fully saturated rings. The van der Waals surface area contributed by atoms with Crippen molar-refractivity contribution < 1.29 is 9.53 Å². The van der Waals surface area contributed by atoms with E-state index in [1.54, 1.807) is 4.90 Å². The summed E-state index contributed by atoms with van der Waals surface area (Å²) in [5.41, 5.74) is 0. The summed E-state index contributed by atoms with van der Waals surface area (Å²) in [7, 11) is 0. The zero-order valence-electron chi connectivity index (χ0n) is 12.8. The summed E-state index contributed by atoms with van der Waals surface area (Å²) in [6.07, 6.45) is -0.170. The van der Waals surface area contributed by atoms with Crippen LogP contribution in [0, 0.1) is 5.92 Å². The Morgan fingerprint density at radius 2 is 1.84 bits per heavy atom. The molecule has 1 aliphatic heterocycles. The highest BCUT2D eigenvalue weighted by molar-refractivity contribution is 5.67. The number of rotatable bonds is 6. The lowest BCUT2D eigenvalue weighted by Gasteiger charge is -2.35. The number of hydrogen-bond donors (Lipinski definition) is 1. The van der Waals surface area contributed by atoms with E-state index in [0.29, 0.717) is 18.6 Å². The molecule has 0 spiro atoms. The first-order valence-electron chi connectivity index (χ1n) is 7.40. The van der Waals surface area contributed by atoms with Crippen molar-refractivity contribution >= 4 is 6.09 Å². The van der Waals surface area contributed by atoms with Crippen LogP contribution in [0.2, 0.25) is 0 Å². The van der Waals surface area contributed by atoms with Gasteiger partial charge in [-0.15, -0.1) is 0 Å². The second-order valence-corrected chi connectivity index (χ2v) is 5.65. The van der Waals surface area contributed by atoms with E-state index in [-0.39, 0.29) is 6.09 Å². The summed E-state index contributed by atoms with van der Waals surface area (Å²) in [6, 6.07) is 0.545. The molecule has 0 bridgehead atoms. The molecule has 0 aromatic rings. The molecule has 0 aromatic carbocycles. The van der Waals surface area contributed by atoms with Crippen LogP contribution in [0.4, 0.5) is 4.79 Å². The molecule has 1 atom stereocenters. The minimum absolute atomic E-state index is 0.170. The Kier molecular flexibility index (Phi) is 7.16. The van der Waals surface area contributed by atoms with Crippen LogP contribution in [0.25, 0.3) is 0 Å². The lowest BCUT2D eigenvalue weighted by Crippen LogP contribution is -2.50. The van der Waals surface area contributed by atoms with Gasteiger partial charge in [0, 0.05) is 38.8 Å². The summed E-state index contributed by atoms with van der Waals surface area (Å²) in [4.78, 5) is 15.8. The van der Waals surface area contributed by atoms with Crippen LogP contribution in [0.3, 0.4) is 0 Å². The Labute approximate surface area is 117 Å². The molecule has 112 valence electrons. The van der Waals surface area contributed by atoms with Gasteiger partial charge in [-0.05, 0) is 19.4 Å². The fourth-order valence-electron chi connectivity index (χ4n) is 2.27. The van der Waals surface area contributed by atoms with Gasteiger partial charge in [-0.2, -0.15) is 0 Å². The summed E-state index contributed by atoms with van der Waals surface area (Å²) in [5, 5.41) is 3.47. The second-order valence-electron chi connectivity index (χ2n) is 5.65. The largest absolute Gasteiger partial charge is 0.450 e. The van der Waals surface area contributed by atoms with Gasteiger partial charge in [0.25, 0.3) is 0 Å². The van der Waals surface area contributed by atoms with E-state index in [9.17, 15) is 4.79 Å². The predicted octanol–water partition coefficient (Wildman–Crippen LogP) is 1.39. The molecule has 1 aliphatic rings.